The van der Waals surface area contributed by atoms with E-state index in [1.807, 2.05) is 41.0 Å². The van der Waals surface area contributed by atoms with Crippen LogP contribution in [0.3, 0.4) is 0 Å². The summed E-state index contributed by atoms with van der Waals surface area (Å²) in [4.78, 5) is 10.5. The lowest BCUT2D eigenvalue weighted by Crippen LogP contribution is -1.72. The monoisotopic (exact) mass is 388 g/mol. The maximum Gasteiger partial charge on any atom is 0.151 e. The SMILES string of the molecule is BrCc1csc2ccccc12.O=Cc1csc2ccccc12. The van der Waals surface area contributed by atoms with Crippen molar-refractivity contribution in [2.45, 2.75) is 5.33 Å². The summed E-state index contributed by atoms with van der Waals surface area (Å²) in [7, 11) is 0. The average Bonchev–Trinajstić information content (AvgIpc) is 3.19. The molecule has 0 bridgehead atoms. The van der Waals surface area contributed by atoms with Crippen LogP contribution >= 0.6 is 38.6 Å². The van der Waals surface area contributed by atoms with Crippen molar-refractivity contribution in [2.24, 2.45) is 0 Å². The van der Waals surface area contributed by atoms with Crippen LogP contribution in [0.4, 0.5) is 0 Å². The third-order valence-corrected chi connectivity index (χ3v) is 5.94. The number of alkyl halides is 1. The smallest absolute Gasteiger partial charge is 0.151 e. The second-order valence-corrected chi connectivity index (χ2v) is 7.08. The van der Waals surface area contributed by atoms with Crippen molar-refractivity contribution in [1.29, 1.82) is 0 Å². The second-order valence-electron chi connectivity index (χ2n) is 4.70. The Kier molecular flexibility index (Phi) is 5.03. The van der Waals surface area contributed by atoms with Gasteiger partial charge < -0.3 is 0 Å². The van der Waals surface area contributed by atoms with E-state index < -0.39 is 0 Å². The summed E-state index contributed by atoms with van der Waals surface area (Å²) in [6.07, 6.45) is 0.902. The number of rotatable bonds is 2. The third-order valence-electron chi connectivity index (χ3n) is 3.34. The largest absolute Gasteiger partial charge is 0.298 e. The van der Waals surface area contributed by atoms with Crippen LogP contribution in [0.15, 0.2) is 59.3 Å². The molecule has 0 amide bonds. The van der Waals surface area contributed by atoms with Crippen molar-refractivity contribution in [3.05, 3.63) is 70.4 Å². The van der Waals surface area contributed by atoms with Gasteiger partial charge in [0.1, 0.15) is 0 Å². The van der Waals surface area contributed by atoms with Gasteiger partial charge >= 0.3 is 0 Å². The van der Waals surface area contributed by atoms with E-state index >= 15 is 0 Å². The molecule has 22 heavy (non-hydrogen) atoms. The summed E-state index contributed by atoms with van der Waals surface area (Å²) < 4.78 is 2.55. The Bertz CT molecular complexity index is 907. The minimum absolute atomic E-state index is 0.797. The Morgan fingerprint density at radius 1 is 0.864 bits per heavy atom. The minimum atomic E-state index is 0.797. The van der Waals surface area contributed by atoms with Crippen molar-refractivity contribution in [2.75, 3.05) is 0 Å². The van der Waals surface area contributed by atoms with Crippen molar-refractivity contribution >= 4 is 65.1 Å². The van der Waals surface area contributed by atoms with Gasteiger partial charge in [0.2, 0.25) is 0 Å². The summed E-state index contributed by atoms with van der Waals surface area (Å²) in [6.45, 7) is 0. The number of fused-ring (bicyclic) bond motifs is 2. The van der Waals surface area contributed by atoms with Crippen LogP contribution in [0.25, 0.3) is 20.2 Å². The highest BCUT2D eigenvalue weighted by Gasteiger charge is 2.00. The maximum atomic E-state index is 10.5. The number of halogens is 1. The maximum absolute atomic E-state index is 10.5. The molecule has 0 aliphatic rings. The Hall–Kier alpha value is -1.49. The first-order chi connectivity index (χ1) is 10.8. The van der Waals surface area contributed by atoms with Gasteiger partial charge in [-0.25, -0.2) is 0 Å². The Labute approximate surface area is 145 Å². The van der Waals surface area contributed by atoms with Crippen LogP contribution in [-0.4, -0.2) is 6.29 Å². The van der Waals surface area contributed by atoms with Crippen molar-refractivity contribution in [3.63, 3.8) is 0 Å². The van der Waals surface area contributed by atoms with Gasteiger partial charge in [-0.15, -0.1) is 22.7 Å². The Morgan fingerprint density at radius 2 is 1.45 bits per heavy atom. The number of thiophene rings is 2. The fourth-order valence-electron chi connectivity index (χ4n) is 2.23. The molecule has 4 aromatic rings. The molecule has 0 aliphatic carbocycles. The van der Waals surface area contributed by atoms with E-state index in [-0.39, 0.29) is 0 Å². The molecule has 2 aromatic carbocycles. The molecule has 2 aromatic heterocycles. The summed E-state index contributed by atoms with van der Waals surface area (Å²) in [5.41, 5.74) is 2.19. The van der Waals surface area contributed by atoms with E-state index in [0.29, 0.717) is 0 Å². The molecule has 110 valence electrons. The van der Waals surface area contributed by atoms with Gasteiger partial charge in [0.25, 0.3) is 0 Å². The highest BCUT2D eigenvalue weighted by molar-refractivity contribution is 9.08. The second kappa shape index (κ2) is 7.18. The van der Waals surface area contributed by atoms with Crippen LogP contribution in [-0.2, 0) is 5.33 Å². The van der Waals surface area contributed by atoms with E-state index in [0.717, 1.165) is 22.6 Å². The van der Waals surface area contributed by atoms with Crippen LogP contribution < -0.4 is 0 Å². The summed E-state index contributed by atoms with van der Waals surface area (Å²) in [5.74, 6) is 0. The van der Waals surface area contributed by atoms with Gasteiger partial charge in [0, 0.05) is 31.1 Å². The zero-order valence-corrected chi connectivity index (χ0v) is 14.9. The molecule has 0 saturated carbocycles. The molecule has 0 atom stereocenters. The van der Waals surface area contributed by atoms with Crippen LogP contribution in [0.2, 0.25) is 0 Å². The van der Waals surface area contributed by atoms with E-state index in [2.05, 4.69) is 45.6 Å². The number of aldehydes is 1. The standard InChI is InChI=1S/C9H7BrS.C9H6OS/c2*10-5-7-6-11-9-4-2-1-3-8(7)9/h1-4,6H,5H2;1-6H. The zero-order chi connectivity index (χ0) is 15.4. The average molecular weight is 389 g/mol. The molecule has 1 nitrogen and oxygen atoms in total. The number of hydrogen-bond donors (Lipinski definition) is 0. The fourth-order valence-corrected chi connectivity index (χ4v) is 4.77. The van der Waals surface area contributed by atoms with Gasteiger partial charge in [-0.1, -0.05) is 52.3 Å². The molecule has 0 fully saturated rings. The van der Waals surface area contributed by atoms with Gasteiger partial charge in [0.15, 0.2) is 6.29 Å². The lowest BCUT2D eigenvalue weighted by atomic mass is 10.2. The minimum Gasteiger partial charge on any atom is -0.298 e. The topological polar surface area (TPSA) is 17.1 Å². The number of carbonyl (C=O) groups excluding carboxylic acids is 1. The predicted molar refractivity (Wildman–Crippen MR) is 102 cm³/mol. The molecule has 0 radical (unpaired) electrons. The van der Waals surface area contributed by atoms with Crippen LogP contribution in [0.5, 0.6) is 0 Å². The Balaban J connectivity index is 0.000000131. The molecule has 2 heterocycles. The normalized spacial score (nSPS) is 10.4. The first kappa shape index (κ1) is 15.4. The van der Waals surface area contributed by atoms with Crippen LogP contribution in [0, 0.1) is 0 Å². The molecule has 0 spiro atoms. The number of benzene rings is 2. The van der Waals surface area contributed by atoms with E-state index in [9.17, 15) is 4.79 Å². The first-order valence-corrected chi connectivity index (χ1v) is 9.64. The van der Waals surface area contributed by atoms with E-state index in [1.165, 1.54) is 20.3 Å². The molecule has 0 aliphatic heterocycles. The van der Waals surface area contributed by atoms with Crippen molar-refractivity contribution < 1.29 is 4.79 Å². The van der Waals surface area contributed by atoms with Crippen molar-refractivity contribution in [1.82, 2.24) is 0 Å². The molecule has 4 heteroatoms. The summed E-state index contributed by atoms with van der Waals surface area (Å²) >= 11 is 6.88. The molecular formula is C18H13BrOS2. The molecule has 0 N–H and O–H groups in total. The van der Waals surface area contributed by atoms with Crippen LogP contribution in [0.1, 0.15) is 15.9 Å². The van der Waals surface area contributed by atoms with Gasteiger partial charge in [-0.3, -0.25) is 4.79 Å². The van der Waals surface area contributed by atoms with Crippen molar-refractivity contribution in [3.8, 4) is 0 Å². The Morgan fingerprint density at radius 3 is 2.14 bits per heavy atom. The molecule has 0 unspecified atom stereocenters. The highest BCUT2D eigenvalue weighted by Crippen LogP contribution is 2.26. The van der Waals surface area contributed by atoms with Gasteiger partial charge in [-0.05, 0) is 28.5 Å². The van der Waals surface area contributed by atoms with E-state index in [4.69, 9.17) is 0 Å². The van der Waals surface area contributed by atoms with E-state index in [1.54, 1.807) is 11.3 Å². The lowest BCUT2D eigenvalue weighted by Gasteiger charge is -1.90. The highest BCUT2D eigenvalue weighted by atomic mass is 79.9. The summed E-state index contributed by atoms with van der Waals surface area (Å²) in [6, 6.07) is 16.4. The first-order valence-electron chi connectivity index (χ1n) is 6.76. The predicted octanol–water partition coefficient (Wildman–Crippen LogP) is 6.51. The quantitative estimate of drug-likeness (QED) is 0.282. The fraction of sp³-hybridized carbons (Fsp3) is 0.0556. The molecule has 0 saturated heterocycles. The summed E-state index contributed by atoms with van der Waals surface area (Å²) in [5, 5.41) is 7.50. The number of hydrogen-bond acceptors (Lipinski definition) is 3. The lowest BCUT2D eigenvalue weighted by molar-refractivity contribution is 0.112. The number of carbonyl (C=O) groups is 1. The molecule has 4 rings (SSSR count). The third kappa shape index (κ3) is 3.14. The van der Waals surface area contributed by atoms with Gasteiger partial charge in [-0.2, -0.15) is 0 Å². The van der Waals surface area contributed by atoms with Gasteiger partial charge in [0.05, 0.1) is 0 Å². The molecular weight excluding hydrogens is 376 g/mol. The zero-order valence-electron chi connectivity index (χ0n) is 11.7.